The maximum atomic E-state index is 13.6. The second-order valence-corrected chi connectivity index (χ2v) is 5.77. The van der Waals surface area contributed by atoms with E-state index in [0.717, 1.165) is 18.7 Å². The molecule has 2 aromatic carbocycles. The minimum absolute atomic E-state index is 0.284. The lowest BCUT2D eigenvalue weighted by Crippen LogP contribution is -2.17. The Hall–Kier alpha value is -1.74. The van der Waals surface area contributed by atoms with E-state index >= 15 is 0 Å². The molecule has 2 aromatic rings. The first kappa shape index (κ1) is 14.2. The van der Waals surface area contributed by atoms with Crippen LogP contribution in [0.5, 0.6) is 0 Å². The maximum absolute atomic E-state index is 13.6. The smallest absolute Gasteiger partial charge is 0.146 e. The van der Waals surface area contributed by atoms with Gasteiger partial charge in [0.25, 0.3) is 0 Å². The molecule has 2 nitrogen and oxygen atoms in total. The van der Waals surface area contributed by atoms with Gasteiger partial charge in [-0.3, -0.25) is 0 Å². The number of halogens is 2. The van der Waals surface area contributed by atoms with E-state index in [9.17, 15) is 4.39 Å². The van der Waals surface area contributed by atoms with Gasteiger partial charge in [-0.1, -0.05) is 23.7 Å². The summed E-state index contributed by atoms with van der Waals surface area (Å²) in [4.78, 5) is 2.40. The highest BCUT2D eigenvalue weighted by atomic mass is 35.5. The largest absolute Gasteiger partial charge is 0.379 e. The Labute approximate surface area is 129 Å². The van der Waals surface area contributed by atoms with Crippen molar-refractivity contribution in [2.75, 3.05) is 23.3 Å². The number of hydrogen-bond acceptors (Lipinski definition) is 2. The third-order valence-electron chi connectivity index (χ3n) is 3.82. The first-order valence-corrected chi connectivity index (χ1v) is 7.63. The number of nitrogens with one attached hydrogen (secondary N) is 1. The fourth-order valence-corrected chi connectivity index (χ4v) is 2.80. The van der Waals surface area contributed by atoms with E-state index in [1.807, 2.05) is 0 Å². The van der Waals surface area contributed by atoms with Gasteiger partial charge in [0.05, 0.1) is 5.69 Å². The molecule has 0 saturated carbocycles. The molecule has 3 rings (SSSR count). The van der Waals surface area contributed by atoms with Gasteiger partial charge < -0.3 is 10.2 Å². The lowest BCUT2D eigenvalue weighted by atomic mass is 10.2. The van der Waals surface area contributed by atoms with Crippen LogP contribution < -0.4 is 10.2 Å². The summed E-state index contributed by atoms with van der Waals surface area (Å²) in [6.45, 7) is 2.87. The Morgan fingerprint density at radius 3 is 2.48 bits per heavy atom. The molecule has 1 aliphatic rings. The molecule has 1 aliphatic heterocycles. The van der Waals surface area contributed by atoms with Crippen molar-refractivity contribution < 1.29 is 4.39 Å². The Kier molecular flexibility index (Phi) is 4.30. The molecule has 0 unspecified atom stereocenters. The van der Waals surface area contributed by atoms with Crippen LogP contribution in [0.25, 0.3) is 0 Å². The average Bonchev–Trinajstić information content (AvgIpc) is 3.03. The van der Waals surface area contributed by atoms with E-state index in [1.165, 1.54) is 24.6 Å². The summed E-state index contributed by atoms with van der Waals surface area (Å²) in [5.74, 6) is -0.284. The maximum Gasteiger partial charge on any atom is 0.146 e. The molecule has 0 radical (unpaired) electrons. The normalized spacial score (nSPS) is 14.5. The molecule has 0 bridgehead atoms. The van der Waals surface area contributed by atoms with Crippen molar-refractivity contribution in [2.45, 2.75) is 19.4 Å². The highest BCUT2D eigenvalue weighted by molar-refractivity contribution is 6.30. The van der Waals surface area contributed by atoms with Gasteiger partial charge in [0.1, 0.15) is 5.82 Å². The molecule has 4 heteroatoms. The molecule has 0 aliphatic carbocycles. The first-order chi connectivity index (χ1) is 10.2. The summed E-state index contributed by atoms with van der Waals surface area (Å²) < 4.78 is 13.6. The van der Waals surface area contributed by atoms with Crippen LogP contribution in [-0.4, -0.2) is 13.1 Å². The van der Waals surface area contributed by atoms with E-state index in [4.69, 9.17) is 11.6 Å². The molecule has 0 aromatic heterocycles. The van der Waals surface area contributed by atoms with Crippen molar-refractivity contribution >= 4 is 23.0 Å². The SMILES string of the molecule is Fc1ccc(Cl)cc1NCc1ccc(N2CCCC2)cc1. The first-order valence-electron chi connectivity index (χ1n) is 7.25. The third kappa shape index (κ3) is 3.48. The van der Waals surface area contributed by atoms with Crippen molar-refractivity contribution in [1.82, 2.24) is 0 Å². The van der Waals surface area contributed by atoms with E-state index < -0.39 is 0 Å². The molecule has 0 atom stereocenters. The monoisotopic (exact) mass is 304 g/mol. The minimum Gasteiger partial charge on any atom is -0.379 e. The number of rotatable bonds is 4. The highest BCUT2D eigenvalue weighted by Crippen LogP contribution is 2.22. The number of benzene rings is 2. The lowest BCUT2D eigenvalue weighted by molar-refractivity contribution is 0.630. The standard InChI is InChI=1S/C17H18ClFN2/c18-14-5-8-16(19)17(11-14)20-12-13-3-6-15(7-4-13)21-9-1-2-10-21/h3-8,11,20H,1-2,9-10,12H2. The topological polar surface area (TPSA) is 15.3 Å². The molecule has 1 heterocycles. The van der Waals surface area contributed by atoms with Crippen molar-refractivity contribution in [3.63, 3.8) is 0 Å². The zero-order valence-electron chi connectivity index (χ0n) is 11.8. The Morgan fingerprint density at radius 1 is 1.05 bits per heavy atom. The molecule has 110 valence electrons. The van der Waals surface area contributed by atoms with Crippen LogP contribution in [0.4, 0.5) is 15.8 Å². The van der Waals surface area contributed by atoms with Crippen LogP contribution in [0, 0.1) is 5.82 Å². The Bertz CT molecular complexity index is 607. The molecule has 1 fully saturated rings. The van der Waals surface area contributed by atoms with Gasteiger partial charge in [-0.25, -0.2) is 4.39 Å². The van der Waals surface area contributed by atoms with E-state index in [1.54, 1.807) is 12.1 Å². The summed E-state index contributed by atoms with van der Waals surface area (Å²) >= 11 is 5.88. The van der Waals surface area contributed by atoms with Crippen LogP contribution in [0.1, 0.15) is 18.4 Å². The zero-order chi connectivity index (χ0) is 14.7. The predicted molar refractivity (Wildman–Crippen MR) is 86.6 cm³/mol. The Morgan fingerprint density at radius 2 is 1.76 bits per heavy atom. The van der Waals surface area contributed by atoms with Gasteiger partial charge in [0.2, 0.25) is 0 Å². The third-order valence-corrected chi connectivity index (χ3v) is 4.05. The second-order valence-electron chi connectivity index (χ2n) is 5.34. The minimum atomic E-state index is -0.284. The van der Waals surface area contributed by atoms with E-state index in [-0.39, 0.29) is 5.82 Å². The van der Waals surface area contributed by atoms with Gasteiger partial charge in [-0.05, 0) is 48.7 Å². The van der Waals surface area contributed by atoms with Crippen LogP contribution in [0.2, 0.25) is 5.02 Å². The summed E-state index contributed by atoms with van der Waals surface area (Å²) in [6, 6.07) is 13.0. The number of anilines is 2. The molecule has 1 saturated heterocycles. The quantitative estimate of drug-likeness (QED) is 0.881. The van der Waals surface area contributed by atoms with Crippen LogP contribution in [0.15, 0.2) is 42.5 Å². The molecular formula is C17H18ClFN2. The van der Waals surface area contributed by atoms with Crippen LogP contribution >= 0.6 is 11.6 Å². The second kappa shape index (κ2) is 6.35. The van der Waals surface area contributed by atoms with Gasteiger partial charge >= 0.3 is 0 Å². The zero-order valence-corrected chi connectivity index (χ0v) is 12.5. The van der Waals surface area contributed by atoms with Crippen molar-refractivity contribution in [3.8, 4) is 0 Å². The fourth-order valence-electron chi connectivity index (χ4n) is 2.63. The molecule has 1 N–H and O–H groups in total. The van der Waals surface area contributed by atoms with E-state index in [0.29, 0.717) is 17.3 Å². The van der Waals surface area contributed by atoms with Gasteiger partial charge in [0, 0.05) is 30.3 Å². The molecule has 0 spiro atoms. The number of hydrogen-bond donors (Lipinski definition) is 1. The van der Waals surface area contributed by atoms with Gasteiger partial charge in [0.15, 0.2) is 0 Å². The predicted octanol–water partition coefficient (Wildman–Crippen LogP) is 4.69. The van der Waals surface area contributed by atoms with E-state index in [2.05, 4.69) is 34.5 Å². The van der Waals surface area contributed by atoms with Gasteiger partial charge in [-0.2, -0.15) is 0 Å². The summed E-state index contributed by atoms with van der Waals surface area (Å²) in [5, 5.41) is 3.62. The van der Waals surface area contributed by atoms with Crippen molar-refractivity contribution in [1.29, 1.82) is 0 Å². The van der Waals surface area contributed by atoms with Crippen molar-refractivity contribution in [2.24, 2.45) is 0 Å². The molecule has 21 heavy (non-hydrogen) atoms. The number of nitrogens with zero attached hydrogens (tertiary/aromatic N) is 1. The summed E-state index contributed by atoms with van der Waals surface area (Å²) in [7, 11) is 0. The summed E-state index contributed by atoms with van der Waals surface area (Å²) in [6.07, 6.45) is 2.55. The van der Waals surface area contributed by atoms with Gasteiger partial charge in [-0.15, -0.1) is 0 Å². The van der Waals surface area contributed by atoms with Crippen LogP contribution in [-0.2, 0) is 6.54 Å². The average molecular weight is 305 g/mol. The fraction of sp³-hybridized carbons (Fsp3) is 0.294. The molecular weight excluding hydrogens is 287 g/mol. The summed E-state index contributed by atoms with van der Waals surface area (Å²) in [5.41, 5.74) is 2.83. The van der Waals surface area contributed by atoms with Crippen molar-refractivity contribution in [3.05, 3.63) is 58.9 Å². The Balaban J connectivity index is 1.64. The lowest BCUT2D eigenvalue weighted by Gasteiger charge is -2.18. The highest BCUT2D eigenvalue weighted by Gasteiger charge is 2.11. The van der Waals surface area contributed by atoms with Crippen LogP contribution in [0.3, 0.4) is 0 Å². The molecule has 0 amide bonds.